The second-order valence-corrected chi connectivity index (χ2v) is 5.54. The highest BCUT2D eigenvalue weighted by Gasteiger charge is 2.40. The third-order valence-corrected chi connectivity index (χ3v) is 4.00. The minimum atomic E-state index is -0.939. The summed E-state index contributed by atoms with van der Waals surface area (Å²) in [5, 5.41) is -0.453. The number of nitrogens with zero attached hydrogens (tertiary/aromatic N) is 1. The van der Waals surface area contributed by atoms with Crippen LogP contribution >= 0.6 is 11.8 Å². The summed E-state index contributed by atoms with van der Waals surface area (Å²) in [7, 11) is 0. The molecule has 1 aliphatic rings. The Balaban J connectivity index is 1.98. The molecule has 1 saturated heterocycles. The summed E-state index contributed by atoms with van der Waals surface area (Å²) in [5.41, 5.74) is 1.38. The lowest BCUT2D eigenvalue weighted by Crippen LogP contribution is -2.24. The largest absolute Gasteiger partial charge is 0.335 e. The van der Waals surface area contributed by atoms with Gasteiger partial charge in [0.2, 0.25) is 0 Å². The molecule has 1 aromatic heterocycles. The highest BCUT2D eigenvalue weighted by Crippen LogP contribution is 2.44. The smallest absolute Gasteiger partial charge is 0.253 e. The van der Waals surface area contributed by atoms with Crippen LogP contribution in [0, 0.1) is 6.92 Å². The van der Waals surface area contributed by atoms with E-state index in [2.05, 4.69) is 9.97 Å². The number of aromatic nitrogens is 2. The first-order valence-electron chi connectivity index (χ1n) is 6.28. The van der Waals surface area contributed by atoms with Gasteiger partial charge in [-0.2, -0.15) is 0 Å². The maximum atomic E-state index is 11.5. The van der Waals surface area contributed by atoms with Gasteiger partial charge in [0.15, 0.2) is 5.16 Å². The zero-order valence-electron chi connectivity index (χ0n) is 11.0. The van der Waals surface area contributed by atoms with Crippen LogP contribution in [0.15, 0.2) is 46.3 Å². The van der Waals surface area contributed by atoms with Crippen LogP contribution < -0.4 is 5.56 Å². The van der Waals surface area contributed by atoms with Crippen molar-refractivity contribution in [1.82, 2.24) is 9.97 Å². The molecule has 1 fully saturated rings. The SMILES string of the molecule is Cc1cc(=O)[nH]c(SC2(c3ccccc3)OCCO2)n1. The first-order valence-corrected chi connectivity index (χ1v) is 7.10. The highest BCUT2D eigenvalue weighted by molar-refractivity contribution is 7.99. The van der Waals surface area contributed by atoms with Crippen LogP contribution in [0.2, 0.25) is 0 Å². The average Bonchev–Trinajstić information content (AvgIpc) is 2.88. The van der Waals surface area contributed by atoms with Crippen molar-refractivity contribution in [3.8, 4) is 0 Å². The summed E-state index contributed by atoms with van der Waals surface area (Å²) in [5.74, 6) is 0. The summed E-state index contributed by atoms with van der Waals surface area (Å²) in [6.45, 7) is 2.81. The van der Waals surface area contributed by atoms with Crippen LogP contribution in [0.4, 0.5) is 0 Å². The zero-order valence-corrected chi connectivity index (χ0v) is 11.8. The van der Waals surface area contributed by atoms with Crippen molar-refractivity contribution >= 4 is 11.8 Å². The lowest BCUT2D eigenvalue weighted by atomic mass is 10.2. The number of benzene rings is 1. The van der Waals surface area contributed by atoms with Crippen LogP contribution in [-0.2, 0) is 14.6 Å². The topological polar surface area (TPSA) is 64.2 Å². The number of nitrogens with one attached hydrogen (secondary N) is 1. The molecule has 0 radical (unpaired) electrons. The Hall–Kier alpha value is -1.63. The quantitative estimate of drug-likeness (QED) is 0.876. The van der Waals surface area contributed by atoms with Crippen molar-refractivity contribution in [2.45, 2.75) is 17.2 Å². The number of thioether (sulfide) groups is 1. The Kier molecular flexibility index (Phi) is 3.60. The normalized spacial score (nSPS) is 17.2. The number of hydrogen-bond acceptors (Lipinski definition) is 5. The molecule has 0 aliphatic carbocycles. The first kappa shape index (κ1) is 13.4. The molecule has 6 heteroatoms. The van der Waals surface area contributed by atoms with Crippen molar-refractivity contribution in [1.29, 1.82) is 0 Å². The summed E-state index contributed by atoms with van der Waals surface area (Å²) in [4.78, 5) is 18.6. The number of aromatic amines is 1. The summed E-state index contributed by atoms with van der Waals surface area (Å²) >= 11 is 1.27. The highest BCUT2D eigenvalue weighted by atomic mass is 32.2. The third-order valence-electron chi connectivity index (χ3n) is 2.87. The number of ether oxygens (including phenoxy) is 2. The van der Waals surface area contributed by atoms with Crippen LogP contribution in [0.1, 0.15) is 11.3 Å². The van der Waals surface area contributed by atoms with E-state index in [4.69, 9.17) is 9.47 Å². The average molecular weight is 290 g/mol. The molecule has 104 valence electrons. The van der Waals surface area contributed by atoms with E-state index in [-0.39, 0.29) is 5.56 Å². The number of rotatable bonds is 3. The molecular formula is C14H14N2O3S. The minimum Gasteiger partial charge on any atom is -0.335 e. The fourth-order valence-electron chi connectivity index (χ4n) is 2.05. The van der Waals surface area contributed by atoms with Gasteiger partial charge in [-0.25, -0.2) is 4.98 Å². The molecule has 1 aromatic carbocycles. The van der Waals surface area contributed by atoms with Crippen molar-refractivity contribution in [2.75, 3.05) is 13.2 Å². The van der Waals surface area contributed by atoms with E-state index in [1.807, 2.05) is 30.3 Å². The Labute approximate surface area is 120 Å². The molecule has 0 unspecified atom stereocenters. The molecule has 0 bridgehead atoms. The first-order chi connectivity index (χ1) is 9.68. The summed E-state index contributed by atoms with van der Waals surface area (Å²) in [6, 6.07) is 11.1. The Bertz CT molecular complexity index is 651. The molecule has 5 nitrogen and oxygen atoms in total. The maximum Gasteiger partial charge on any atom is 0.253 e. The molecule has 20 heavy (non-hydrogen) atoms. The lowest BCUT2D eigenvalue weighted by molar-refractivity contribution is -0.0817. The molecule has 1 aliphatic heterocycles. The Morgan fingerprint density at radius 3 is 2.60 bits per heavy atom. The van der Waals surface area contributed by atoms with Crippen molar-refractivity contribution in [2.24, 2.45) is 0 Å². The van der Waals surface area contributed by atoms with Crippen LogP contribution in [0.25, 0.3) is 0 Å². The predicted octanol–water partition coefficient (Wildman–Crippen LogP) is 2.03. The van der Waals surface area contributed by atoms with Gasteiger partial charge in [0.25, 0.3) is 10.7 Å². The van der Waals surface area contributed by atoms with E-state index in [0.717, 1.165) is 5.56 Å². The van der Waals surface area contributed by atoms with E-state index in [0.29, 0.717) is 24.1 Å². The Morgan fingerprint density at radius 2 is 1.95 bits per heavy atom. The van der Waals surface area contributed by atoms with Gasteiger partial charge < -0.3 is 14.5 Å². The van der Waals surface area contributed by atoms with E-state index in [1.165, 1.54) is 17.8 Å². The van der Waals surface area contributed by atoms with Gasteiger partial charge in [0.1, 0.15) is 0 Å². The molecule has 1 N–H and O–H groups in total. The second-order valence-electron chi connectivity index (χ2n) is 4.41. The number of H-pyrrole nitrogens is 1. The standard InChI is InChI=1S/C14H14N2O3S/c1-10-9-12(17)16-13(15-10)20-14(18-7-8-19-14)11-5-3-2-4-6-11/h2-6,9H,7-8H2,1H3,(H,15,16,17). The summed E-state index contributed by atoms with van der Waals surface area (Å²) in [6.07, 6.45) is 0. The van der Waals surface area contributed by atoms with Gasteiger partial charge >= 0.3 is 0 Å². The molecule has 0 spiro atoms. The molecular weight excluding hydrogens is 276 g/mol. The van der Waals surface area contributed by atoms with Crippen molar-refractivity contribution in [3.05, 3.63) is 58.0 Å². The second kappa shape index (κ2) is 5.40. The number of aryl methyl sites for hydroxylation is 1. The molecule has 0 saturated carbocycles. The van der Waals surface area contributed by atoms with Gasteiger partial charge in [0, 0.05) is 17.3 Å². The van der Waals surface area contributed by atoms with Gasteiger partial charge in [0.05, 0.1) is 13.2 Å². The van der Waals surface area contributed by atoms with Crippen molar-refractivity contribution < 1.29 is 9.47 Å². The maximum absolute atomic E-state index is 11.5. The van der Waals surface area contributed by atoms with Gasteiger partial charge in [-0.3, -0.25) is 4.79 Å². The van der Waals surface area contributed by atoms with Gasteiger partial charge in [-0.15, -0.1) is 0 Å². The number of hydrogen-bond donors (Lipinski definition) is 1. The molecule has 2 heterocycles. The lowest BCUT2D eigenvalue weighted by Gasteiger charge is -2.26. The third kappa shape index (κ3) is 2.63. The fourth-order valence-corrected chi connectivity index (χ4v) is 3.18. The molecule has 2 aromatic rings. The van der Waals surface area contributed by atoms with Gasteiger partial charge in [-0.05, 0) is 18.7 Å². The Morgan fingerprint density at radius 1 is 1.25 bits per heavy atom. The summed E-state index contributed by atoms with van der Waals surface area (Å²) < 4.78 is 11.6. The molecule has 0 amide bonds. The van der Waals surface area contributed by atoms with Crippen molar-refractivity contribution in [3.63, 3.8) is 0 Å². The minimum absolute atomic E-state index is 0.179. The zero-order chi connectivity index (χ0) is 14.0. The predicted molar refractivity (Wildman–Crippen MR) is 75.5 cm³/mol. The van der Waals surface area contributed by atoms with E-state index in [1.54, 1.807) is 6.92 Å². The molecule has 0 atom stereocenters. The van der Waals surface area contributed by atoms with Gasteiger partial charge in [-0.1, -0.05) is 30.3 Å². The molecule has 3 rings (SSSR count). The van der Waals surface area contributed by atoms with Crippen LogP contribution in [-0.4, -0.2) is 23.2 Å². The van der Waals surface area contributed by atoms with E-state index < -0.39 is 5.12 Å². The van der Waals surface area contributed by atoms with E-state index in [9.17, 15) is 4.79 Å². The van der Waals surface area contributed by atoms with Crippen LogP contribution in [0.3, 0.4) is 0 Å². The monoisotopic (exact) mass is 290 g/mol. The van der Waals surface area contributed by atoms with E-state index >= 15 is 0 Å². The van der Waals surface area contributed by atoms with Crippen LogP contribution in [0.5, 0.6) is 0 Å². The fraction of sp³-hybridized carbons (Fsp3) is 0.286.